The van der Waals surface area contributed by atoms with Crippen LogP contribution in [0.25, 0.3) is 0 Å². The molecule has 0 aliphatic heterocycles. The standard InChI is InChI=1S/C8H4Cl2F4/c9-3-4-6(11)2-1-5(7(4)10)8(12,13)14/h1-2H,3H2. The second-order valence-electron chi connectivity index (χ2n) is 2.52. The van der Waals surface area contributed by atoms with Crippen molar-refractivity contribution in [2.75, 3.05) is 0 Å². The topological polar surface area (TPSA) is 0 Å². The van der Waals surface area contributed by atoms with Crippen LogP contribution in [-0.2, 0) is 12.1 Å². The van der Waals surface area contributed by atoms with E-state index in [1.54, 1.807) is 0 Å². The maximum atomic E-state index is 12.9. The second-order valence-corrected chi connectivity index (χ2v) is 3.16. The predicted octanol–water partition coefficient (Wildman–Crippen LogP) is 4.24. The third-order valence-electron chi connectivity index (χ3n) is 1.63. The summed E-state index contributed by atoms with van der Waals surface area (Å²) in [6.07, 6.45) is -4.59. The Morgan fingerprint density at radius 2 is 1.79 bits per heavy atom. The van der Waals surface area contributed by atoms with Gasteiger partial charge in [-0.2, -0.15) is 13.2 Å². The van der Waals surface area contributed by atoms with Crippen molar-refractivity contribution in [1.82, 2.24) is 0 Å². The van der Waals surface area contributed by atoms with Crippen LogP contribution in [0.3, 0.4) is 0 Å². The Labute approximate surface area is 87.4 Å². The minimum Gasteiger partial charge on any atom is -0.207 e. The van der Waals surface area contributed by atoms with Gasteiger partial charge in [-0.3, -0.25) is 0 Å². The van der Waals surface area contributed by atoms with Crippen molar-refractivity contribution in [3.05, 3.63) is 34.1 Å². The van der Waals surface area contributed by atoms with Crippen molar-refractivity contribution in [2.45, 2.75) is 12.1 Å². The molecule has 0 bridgehead atoms. The van der Waals surface area contributed by atoms with Gasteiger partial charge in [0.2, 0.25) is 0 Å². The number of halogens is 6. The van der Waals surface area contributed by atoms with E-state index in [0.29, 0.717) is 12.1 Å². The fourth-order valence-corrected chi connectivity index (χ4v) is 1.60. The summed E-state index contributed by atoms with van der Waals surface area (Å²) in [4.78, 5) is 0. The van der Waals surface area contributed by atoms with E-state index in [1.807, 2.05) is 0 Å². The van der Waals surface area contributed by atoms with Gasteiger partial charge in [-0.25, -0.2) is 4.39 Å². The lowest BCUT2D eigenvalue weighted by Crippen LogP contribution is -2.07. The van der Waals surface area contributed by atoms with E-state index in [1.165, 1.54) is 0 Å². The van der Waals surface area contributed by atoms with Gasteiger partial charge in [-0.1, -0.05) is 11.6 Å². The maximum Gasteiger partial charge on any atom is 0.417 e. The summed E-state index contributed by atoms with van der Waals surface area (Å²) in [7, 11) is 0. The van der Waals surface area contributed by atoms with Crippen molar-refractivity contribution in [3.8, 4) is 0 Å². The van der Waals surface area contributed by atoms with Gasteiger partial charge in [0.15, 0.2) is 0 Å². The number of benzene rings is 1. The first-order chi connectivity index (χ1) is 6.38. The summed E-state index contributed by atoms with van der Waals surface area (Å²) in [6, 6.07) is 1.29. The first-order valence-electron chi connectivity index (χ1n) is 3.48. The van der Waals surface area contributed by atoms with Crippen LogP contribution >= 0.6 is 23.2 Å². The average molecular weight is 247 g/mol. The summed E-state index contributed by atoms with van der Waals surface area (Å²) in [5, 5.41) is -0.674. The molecule has 0 unspecified atom stereocenters. The third kappa shape index (κ3) is 2.12. The fraction of sp³-hybridized carbons (Fsp3) is 0.250. The quantitative estimate of drug-likeness (QED) is 0.514. The van der Waals surface area contributed by atoms with Crippen LogP contribution in [-0.4, -0.2) is 0 Å². The molecule has 0 atom stereocenters. The molecule has 0 aliphatic rings. The highest BCUT2D eigenvalue weighted by molar-refractivity contribution is 6.33. The minimum atomic E-state index is -4.59. The summed E-state index contributed by atoms with van der Waals surface area (Å²) < 4.78 is 49.6. The van der Waals surface area contributed by atoms with Gasteiger partial charge in [0.05, 0.1) is 16.5 Å². The normalized spacial score (nSPS) is 11.9. The molecule has 0 nitrogen and oxygen atoms in total. The second kappa shape index (κ2) is 3.95. The monoisotopic (exact) mass is 246 g/mol. The van der Waals surface area contributed by atoms with Gasteiger partial charge in [-0.05, 0) is 12.1 Å². The van der Waals surface area contributed by atoms with Crippen molar-refractivity contribution in [2.24, 2.45) is 0 Å². The molecular formula is C8H4Cl2F4. The van der Waals surface area contributed by atoms with Crippen LogP contribution in [0.15, 0.2) is 12.1 Å². The van der Waals surface area contributed by atoms with Crippen molar-refractivity contribution in [3.63, 3.8) is 0 Å². The molecule has 1 aromatic carbocycles. The zero-order chi connectivity index (χ0) is 10.9. The first kappa shape index (κ1) is 11.6. The molecule has 1 aromatic rings. The Hall–Kier alpha value is -0.480. The largest absolute Gasteiger partial charge is 0.417 e. The van der Waals surface area contributed by atoms with Gasteiger partial charge in [0, 0.05) is 5.56 Å². The van der Waals surface area contributed by atoms with E-state index >= 15 is 0 Å². The Balaban J connectivity index is 3.36. The van der Waals surface area contributed by atoms with Crippen LogP contribution in [0.4, 0.5) is 17.6 Å². The van der Waals surface area contributed by atoms with Crippen LogP contribution in [0, 0.1) is 5.82 Å². The Kier molecular flexibility index (Phi) is 3.27. The van der Waals surface area contributed by atoms with Gasteiger partial charge < -0.3 is 0 Å². The molecule has 6 heteroatoms. The molecule has 14 heavy (non-hydrogen) atoms. The highest BCUT2D eigenvalue weighted by atomic mass is 35.5. The molecule has 0 N–H and O–H groups in total. The van der Waals surface area contributed by atoms with Crippen LogP contribution in [0.2, 0.25) is 5.02 Å². The molecule has 0 radical (unpaired) electrons. The highest BCUT2D eigenvalue weighted by Gasteiger charge is 2.34. The Morgan fingerprint density at radius 1 is 1.21 bits per heavy atom. The van der Waals surface area contributed by atoms with Gasteiger partial charge in [-0.15, -0.1) is 11.6 Å². The third-order valence-corrected chi connectivity index (χ3v) is 2.32. The Morgan fingerprint density at radius 3 is 2.21 bits per heavy atom. The molecular weight excluding hydrogens is 243 g/mol. The molecule has 0 heterocycles. The first-order valence-corrected chi connectivity index (χ1v) is 4.39. The van der Waals surface area contributed by atoms with E-state index < -0.39 is 28.5 Å². The minimum absolute atomic E-state index is 0.330. The molecule has 0 amide bonds. The summed E-state index contributed by atoms with van der Waals surface area (Å²) >= 11 is 10.6. The number of hydrogen-bond donors (Lipinski definition) is 0. The van der Waals surface area contributed by atoms with Gasteiger partial charge in [0.1, 0.15) is 5.82 Å². The zero-order valence-electron chi connectivity index (χ0n) is 6.63. The van der Waals surface area contributed by atoms with Crippen molar-refractivity contribution < 1.29 is 17.6 Å². The molecule has 0 aromatic heterocycles. The summed E-state index contributed by atoms with van der Waals surface area (Å²) in [5.41, 5.74) is -1.40. The molecule has 0 saturated heterocycles. The lowest BCUT2D eigenvalue weighted by atomic mass is 10.1. The average Bonchev–Trinajstić information content (AvgIpc) is 2.02. The smallest absolute Gasteiger partial charge is 0.207 e. The van der Waals surface area contributed by atoms with E-state index in [4.69, 9.17) is 23.2 Å². The van der Waals surface area contributed by atoms with Crippen LogP contribution in [0.1, 0.15) is 11.1 Å². The molecule has 0 aliphatic carbocycles. The lowest BCUT2D eigenvalue weighted by Gasteiger charge is -2.11. The number of hydrogen-bond acceptors (Lipinski definition) is 0. The van der Waals surface area contributed by atoms with Gasteiger partial charge >= 0.3 is 6.18 Å². The van der Waals surface area contributed by atoms with Crippen molar-refractivity contribution >= 4 is 23.2 Å². The van der Waals surface area contributed by atoms with Crippen molar-refractivity contribution in [1.29, 1.82) is 0 Å². The van der Waals surface area contributed by atoms with Crippen LogP contribution < -0.4 is 0 Å². The van der Waals surface area contributed by atoms with Gasteiger partial charge in [0.25, 0.3) is 0 Å². The fourth-order valence-electron chi connectivity index (χ4n) is 0.939. The molecule has 0 spiro atoms. The van der Waals surface area contributed by atoms with Crippen LogP contribution in [0.5, 0.6) is 0 Å². The SMILES string of the molecule is Fc1ccc(C(F)(F)F)c(Cl)c1CCl. The lowest BCUT2D eigenvalue weighted by molar-refractivity contribution is -0.137. The molecule has 78 valence electrons. The van der Waals surface area contributed by atoms with E-state index in [-0.39, 0.29) is 5.56 Å². The van der Waals surface area contributed by atoms with E-state index in [0.717, 1.165) is 0 Å². The number of rotatable bonds is 1. The molecule has 0 saturated carbocycles. The number of alkyl halides is 4. The van der Waals surface area contributed by atoms with E-state index in [2.05, 4.69) is 0 Å². The Bertz CT molecular complexity index is 346. The zero-order valence-corrected chi connectivity index (χ0v) is 8.14. The predicted molar refractivity (Wildman–Crippen MR) is 46.0 cm³/mol. The highest BCUT2D eigenvalue weighted by Crippen LogP contribution is 2.37. The molecule has 1 rings (SSSR count). The summed E-state index contributed by atoms with van der Waals surface area (Å²) in [5.74, 6) is -1.23. The maximum absolute atomic E-state index is 12.9. The summed E-state index contributed by atoms with van der Waals surface area (Å²) in [6.45, 7) is 0. The molecule has 0 fully saturated rings. The van der Waals surface area contributed by atoms with E-state index in [9.17, 15) is 17.6 Å².